The fourth-order valence-corrected chi connectivity index (χ4v) is 3.39. The predicted molar refractivity (Wildman–Crippen MR) is 91.8 cm³/mol. The van der Waals surface area contributed by atoms with E-state index in [0.29, 0.717) is 5.92 Å². The Morgan fingerprint density at radius 2 is 2.13 bits per heavy atom. The van der Waals surface area contributed by atoms with E-state index in [1.165, 1.54) is 5.56 Å². The molecule has 0 radical (unpaired) electrons. The zero-order chi connectivity index (χ0) is 16.6. The lowest BCUT2D eigenvalue weighted by atomic mass is 10.0. The highest BCUT2D eigenvalue weighted by atomic mass is 16.5. The first-order valence-electron chi connectivity index (χ1n) is 8.17. The summed E-state index contributed by atoms with van der Waals surface area (Å²) >= 11 is 0. The van der Waals surface area contributed by atoms with Crippen molar-refractivity contribution in [2.24, 2.45) is 5.92 Å². The summed E-state index contributed by atoms with van der Waals surface area (Å²) in [6, 6.07) is 6.02. The summed E-state index contributed by atoms with van der Waals surface area (Å²) in [5.74, 6) is 0.560. The monoisotopic (exact) mass is 312 g/mol. The van der Waals surface area contributed by atoms with Gasteiger partial charge in [-0.25, -0.2) is 0 Å². The number of carbonyl (C=O) groups excluding carboxylic acids is 1. The zero-order valence-corrected chi connectivity index (χ0v) is 14.3. The number of amides is 1. The predicted octanol–water partition coefficient (Wildman–Crippen LogP) is 3.27. The number of pyridine rings is 1. The number of hydrogen-bond donors (Lipinski definition) is 0. The minimum absolute atomic E-state index is 0.113. The summed E-state index contributed by atoms with van der Waals surface area (Å²) in [4.78, 5) is 19.6. The third kappa shape index (κ3) is 2.95. The molecule has 1 atom stereocenters. The van der Waals surface area contributed by atoms with Crippen molar-refractivity contribution in [2.75, 3.05) is 26.8 Å². The summed E-state index contributed by atoms with van der Waals surface area (Å²) < 4.78 is 5.23. The van der Waals surface area contributed by atoms with E-state index >= 15 is 0 Å². The van der Waals surface area contributed by atoms with Crippen LogP contribution in [0.5, 0.6) is 0 Å². The molecule has 4 heteroatoms. The SMILES string of the molecule is COC[C@@H]1CCN(C(=O)c2cc(C)nc3c(C)c(C)ccc23)C1. The van der Waals surface area contributed by atoms with E-state index in [9.17, 15) is 4.79 Å². The van der Waals surface area contributed by atoms with Gasteiger partial charge in [-0.2, -0.15) is 0 Å². The number of nitrogens with zero attached hydrogens (tertiary/aromatic N) is 2. The molecule has 0 unspecified atom stereocenters. The van der Waals surface area contributed by atoms with E-state index in [-0.39, 0.29) is 5.91 Å². The normalized spacial score (nSPS) is 17.9. The largest absolute Gasteiger partial charge is 0.384 e. The number of carbonyl (C=O) groups is 1. The lowest BCUT2D eigenvalue weighted by Gasteiger charge is -2.18. The fourth-order valence-electron chi connectivity index (χ4n) is 3.39. The number of likely N-dealkylation sites (tertiary alicyclic amines) is 1. The number of methoxy groups -OCH3 is 1. The van der Waals surface area contributed by atoms with Gasteiger partial charge in [-0.3, -0.25) is 9.78 Å². The Balaban J connectivity index is 2.00. The summed E-state index contributed by atoms with van der Waals surface area (Å²) in [6.45, 7) is 8.41. The molecule has 0 spiro atoms. The molecule has 122 valence electrons. The van der Waals surface area contributed by atoms with Crippen LogP contribution in [-0.4, -0.2) is 42.6 Å². The molecule has 1 aromatic heterocycles. The lowest BCUT2D eigenvalue weighted by Crippen LogP contribution is -2.29. The molecule has 1 fully saturated rings. The highest BCUT2D eigenvalue weighted by Gasteiger charge is 2.28. The Morgan fingerprint density at radius 1 is 1.35 bits per heavy atom. The first kappa shape index (κ1) is 15.9. The molecule has 0 aliphatic carbocycles. The molecule has 2 heterocycles. The van der Waals surface area contributed by atoms with Crippen LogP contribution in [0.25, 0.3) is 10.9 Å². The van der Waals surface area contributed by atoms with E-state index < -0.39 is 0 Å². The van der Waals surface area contributed by atoms with Gasteiger partial charge < -0.3 is 9.64 Å². The smallest absolute Gasteiger partial charge is 0.254 e. The molecule has 1 aromatic carbocycles. The molecule has 1 amide bonds. The Kier molecular flexibility index (Phi) is 4.35. The van der Waals surface area contributed by atoms with Crippen LogP contribution >= 0.6 is 0 Å². The second kappa shape index (κ2) is 6.28. The third-order valence-corrected chi connectivity index (χ3v) is 4.84. The molecule has 3 rings (SSSR count). The van der Waals surface area contributed by atoms with Gasteiger partial charge in [0.2, 0.25) is 0 Å². The maximum Gasteiger partial charge on any atom is 0.254 e. The van der Waals surface area contributed by atoms with Gasteiger partial charge in [0.05, 0.1) is 17.7 Å². The van der Waals surface area contributed by atoms with Crippen molar-refractivity contribution in [3.63, 3.8) is 0 Å². The van der Waals surface area contributed by atoms with Gasteiger partial charge in [-0.05, 0) is 44.4 Å². The van der Waals surface area contributed by atoms with E-state index in [0.717, 1.165) is 53.8 Å². The van der Waals surface area contributed by atoms with Crippen LogP contribution in [0.15, 0.2) is 18.2 Å². The number of ether oxygens (including phenoxy) is 1. The number of aromatic nitrogens is 1. The van der Waals surface area contributed by atoms with Gasteiger partial charge in [0.15, 0.2) is 0 Å². The quantitative estimate of drug-likeness (QED) is 0.873. The number of aryl methyl sites for hydroxylation is 3. The first-order chi connectivity index (χ1) is 11.0. The number of hydrogen-bond acceptors (Lipinski definition) is 3. The Hall–Kier alpha value is -1.94. The number of benzene rings is 1. The maximum absolute atomic E-state index is 13.0. The second-order valence-corrected chi connectivity index (χ2v) is 6.58. The fraction of sp³-hybridized carbons (Fsp3) is 0.474. The zero-order valence-electron chi connectivity index (χ0n) is 14.3. The van der Waals surface area contributed by atoms with Crippen LogP contribution < -0.4 is 0 Å². The minimum Gasteiger partial charge on any atom is -0.384 e. The topological polar surface area (TPSA) is 42.4 Å². The van der Waals surface area contributed by atoms with Crippen LogP contribution in [0.1, 0.15) is 33.6 Å². The molecule has 1 aliphatic heterocycles. The van der Waals surface area contributed by atoms with E-state index in [1.807, 2.05) is 24.0 Å². The molecule has 23 heavy (non-hydrogen) atoms. The standard InChI is InChI=1S/C19H24N2O2/c1-12-5-6-16-17(9-13(2)20-18(16)14(12)3)19(22)21-8-7-15(10-21)11-23-4/h5-6,9,15H,7-8,10-11H2,1-4H3/t15-/m1/s1. The summed E-state index contributed by atoms with van der Waals surface area (Å²) in [7, 11) is 1.72. The average molecular weight is 312 g/mol. The molecule has 1 aliphatic rings. The average Bonchev–Trinajstić information content (AvgIpc) is 2.99. The lowest BCUT2D eigenvalue weighted by molar-refractivity contribution is 0.0777. The van der Waals surface area contributed by atoms with Crippen molar-refractivity contribution in [2.45, 2.75) is 27.2 Å². The van der Waals surface area contributed by atoms with Crippen LogP contribution in [-0.2, 0) is 4.74 Å². The van der Waals surface area contributed by atoms with Crippen LogP contribution in [0.4, 0.5) is 0 Å². The van der Waals surface area contributed by atoms with Crippen molar-refractivity contribution < 1.29 is 9.53 Å². The first-order valence-corrected chi connectivity index (χ1v) is 8.17. The van der Waals surface area contributed by atoms with Gasteiger partial charge in [-0.1, -0.05) is 12.1 Å². The van der Waals surface area contributed by atoms with E-state index in [2.05, 4.69) is 24.9 Å². The molecule has 0 saturated carbocycles. The summed E-state index contributed by atoms with van der Waals surface area (Å²) in [5.41, 5.74) is 4.96. The summed E-state index contributed by atoms with van der Waals surface area (Å²) in [6.07, 6.45) is 1.01. The van der Waals surface area contributed by atoms with Gasteiger partial charge in [0.25, 0.3) is 5.91 Å². The Labute approximate surface area is 137 Å². The van der Waals surface area contributed by atoms with E-state index in [4.69, 9.17) is 4.74 Å². The van der Waals surface area contributed by atoms with Crippen molar-refractivity contribution in [1.29, 1.82) is 0 Å². The molecule has 4 nitrogen and oxygen atoms in total. The number of rotatable bonds is 3. The van der Waals surface area contributed by atoms with Crippen LogP contribution in [0.2, 0.25) is 0 Å². The molecule has 1 saturated heterocycles. The molecular formula is C19H24N2O2. The van der Waals surface area contributed by atoms with Gasteiger partial charge in [0, 0.05) is 37.2 Å². The van der Waals surface area contributed by atoms with Gasteiger partial charge in [-0.15, -0.1) is 0 Å². The van der Waals surface area contributed by atoms with Crippen molar-refractivity contribution in [1.82, 2.24) is 9.88 Å². The van der Waals surface area contributed by atoms with Crippen molar-refractivity contribution >= 4 is 16.8 Å². The van der Waals surface area contributed by atoms with Crippen molar-refractivity contribution in [3.8, 4) is 0 Å². The highest BCUT2D eigenvalue weighted by Crippen LogP contribution is 2.27. The maximum atomic E-state index is 13.0. The molecular weight excluding hydrogens is 288 g/mol. The van der Waals surface area contributed by atoms with Crippen LogP contribution in [0, 0.1) is 26.7 Å². The third-order valence-electron chi connectivity index (χ3n) is 4.84. The Bertz CT molecular complexity index is 755. The molecule has 0 N–H and O–H groups in total. The van der Waals surface area contributed by atoms with Crippen molar-refractivity contribution in [3.05, 3.63) is 40.6 Å². The molecule has 0 bridgehead atoms. The molecule has 2 aromatic rings. The van der Waals surface area contributed by atoms with Crippen LogP contribution in [0.3, 0.4) is 0 Å². The van der Waals surface area contributed by atoms with Gasteiger partial charge >= 0.3 is 0 Å². The number of fused-ring (bicyclic) bond motifs is 1. The highest BCUT2D eigenvalue weighted by molar-refractivity contribution is 6.07. The minimum atomic E-state index is 0.113. The Morgan fingerprint density at radius 3 is 2.87 bits per heavy atom. The summed E-state index contributed by atoms with van der Waals surface area (Å²) in [5, 5.41) is 0.957. The van der Waals surface area contributed by atoms with Gasteiger partial charge in [0.1, 0.15) is 0 Å². The second-order valence-electron chi connectivity index (χ2n) is 6.58. The van der Waals surface area contributed by atoms with E-state index in [1.54, 1.807) is 7.11 Å².